The van der Waals surface area contributed by atoms with E-state index < -0.39 is 0 Å². The molecule has 0 amide bonds. The Hall–Kier alpha value is -0.120. The van der Waals surface area contributed by atoms with Crippen LogP contribution >= 0.6 is 0 Å². The molecule has 0 aromatic carbocycles. The first-order valence-electron chi connectivity index (χ1n) is 8.04. The van der Waals surface area contributed by atoms with Gasteiger partial charge in [0, 0.05) is 38.3 Å². The van der Waals surface area contributed by atoms with Crippen LogP contribution in [-0.4, -0.2) is 48.8 Å². The van der Waals surface area contributed by atoms with Crippen LogP contribution in [0.2, 0.25) is 0 Å². The summed E-state index contributed by atoms with van der Waals surface area (Å²) in [7, 11) is 1.83. The molecule has 1 aliphatic heterocycles. The van der Waals surface area contributed by atoms with Gasteiger partial charge in [-0.1, -0.05) is 19.8 Å². The Kier molecular flexibility index (Phi) is 4.91. The molecule has 3 nitrogen and oxygen atoms in total. The minimum Gasteiger partial charge on any atom is -0.379 e. The highest BCUT2D eigenvalue weighted by molar-refractivity contribution is 5.00. The normalized spacial score (nSPS) is 28.1. The topological polar surface area (TPSA) is 24.5 Å². The number of ether oxygens (including phenoxy) is 1. The van der Waals surface area contributed by atoms with Crippen molar-refractivity contribution in [2.75, 3.05) is 26.7 Å². The molecule has 2 fully saturated rings. The van der Waals surface area contributed by atoms with Crippen LogP contribution in [0.1, 0.15) is 59.3 Å². The van der Waals surface area contributed by atoms with E-state index in [0.717, 1.165) is 6.42 Å². The third-order valence-electron chi connectivity index (χ3n) is 5.32. The summed E-state index contributed by atoms with van der Waals surface area (Å²) in [5.74, 6) is 0. The summed E-state index contributed by atoms with van der Waals surface area (Å²) in [5.41, 5.74) is 0.439. The van der Waals surface area contributed by atoms with Gasteiger partial charge in [0.1, 0.15) is 0 Å². The van der Waals surface area contributed by atoms with Gasteiger partial charge < -0.3 is 10.1 Å². The molecule has 0 aromatic heterocycles. The molecule has 1 unspecified atom stereocenters. The highest BCUT2D eigenvalue weighted by Gasteiger charge is 2.40. The summed E-state index contributed by atoms with van der Waals surface area (Å²) in [6.45, 7) is 10.3. The number of piperazine rings is 1. The molecule has 112 valence electrons. The molecule has 1 spiro atoms. The molecule has 1 heterocycles. The highest BCUT2D eigenvalue weighted by atomic mass is 16.5. The molecule has 1 aliphatic carbocycles. The Morgan fingerprint density at radius 3 is 2.58 bits per heavy atom. The fraction of sp³-hybridized carbons (Fsp3) is 1.00. The first-order chi connectivity index (χ1) is 9.00. The van der Waals surface area contributed by atoms with Crippen LogP contribution in [0, 0.1) is 0 Å². The third kappa shape index (κ3) is 3.71. The standard InChI is InChI=1S/C16H32N2O/c1-5-14-12-17-16(8-6-7-9-16)13-18(14)11-10-15(2,3)19-4/h14,17H,5-13H2,1-4H3. The Bertz CT molecular complexity index is 284. The lowest BCUT2D eigenvalue weighted by Gasteiger charge is -2.47. The van der Waals surface area contributed by atoms with E-state index >= 15 is 0 Å². The van der Waals surface area contributed by atoms with E-state index in [4.69, 9.17) is 4.74 Å². The Morgan fingerprint density at radius 1 is 1.32 bits per heavy atom. The fourth-order valence-electron chi connectivity index (χ4n) is 3.60. The van der Waals surface area contributed by atoms with Gasteiger partial charge in [-0.2, -0.15) is 0 Å². The average molecular weight is 268 g/mol. The first kappa shape index (κ1) is 15.3. The summed E-state index contributed by atoms with van der Waals surface area (Å²) in [6.07, 6.45) is 7.91. The second-order valence-electron chi connectivity index (χ2n) is 7.11. The van der Waals surface area contributed by atoms with E-state index in [-0.39, 0.29) is 5.60 Å². The molecule has 3 heteroatoms. The van der Waals surface area contributed by atoms with Crippen molar-refractivity contribution in [3.63, 3.8) is 0 Å². The number of methoxy groups -OCH3 is 1. The zero-order chi connectivity index (χ0) is 13.9. The SMILES string of the molecule is CCC1CNC2(CCCC2)CN1CCC(C)(C)OC. The van der Waals surface area contributed by atoms with Gasteiger partial charge in [-0.05, 0) is 39.5 Å². The van der Waals surface area contributed by atoms with Crippen LogP contribution in [0.15, 0.2) is 0 Å². The van der Waals surface area contributed by atoms with E-state index in [9.17, 15) is 0 Å². The van der Waals surface area contributed by atoms with Gasteiger partial charge in [0.05, 0.1) is 5.60 Å². The van der Waals surface area contributed by atoms with E-state index in [1.165, 1.54) is 51.7 Å². The molecule has 0 aromatic rings. The van der Waals surface area contributed by atoms with E-state index in [1.807, 2.05) is 7.11 Å². The molecule has 2 aliphatic rings. The van der Waals surface area contributed by atoms with Gasteiger partial charge in [-0.3, -0.25) is 4.90 Å². The van der Waals surface area contributed by atoms with Crippen LogP contribution in [0.4, 0.5) is 0 Å². The molecular weight excluding hydrogens is 236 g/mol. The van der Waals surface area contributed by atoms with Crippen molar-refractivity contribution >= 4 is 0 Å². The van der Waals surface area contributed by atoms with Gasteiger partial charge in [-0.25, -0.2) is 0 Å². The van der Waals surface area contributed by atoms with Crippen LogP contribution in [-0.2, 0) is 4.74 Å². The molecule has 0 radical (unpaired) electrons. The summed E-state index contributed by atoms with van der Waals surface area (Å²) in [5, 5.41) is 3.86. The minimum atomic E-state index is 0.00596. The van der Waals surface area contributed by atoms with Gasteiger partial charge >= 0.3 is 0 Å². The molecule has 1 saturated carbocycles. The number of hydrogen-bond acceptors (Lipinski definition) is 3. The number of rotatable bonds is 5. The molecule has 1 saturated heterocycles. The quantitative estimate of drug-likeness (QED) is 0.830. The first-order valence-corrected chi connectivity index (χ1v) is 8.04. The van der Waals surface area contributed by atoms with Gasteiger partial charge in [0.15, 0.2) is 0 Å². The van der Waals surface area contributed by atoms with Crippen molar-refractivity contribution in [3.8, 4) is 0 Å². The third-order valence-corrected chi connectivity index (χ3v) is 5.32. The zero-order valence-corrected chi connectivity index (χ0v) is 13.3. The lowest BCUT2D eigenvalue weighted by Crippen LogP contribution is -2.63. The maximum absolute atomic E-state index is 5.57. The molecule has 1 atom stereocenters. The largest absolute Gasteiger partial charge is 0.379 e. The smallest absolute Gasteiger partial charge is 0.0634 e. The van der Waals surface area contributed by atoms with Crippen LogP contribution in [0.25, 0.3) is 0 Å². The predicted octanol–water partition coefficient (Wildman–Crippen LogP) is 2.80. The summed E-state index contributed by atoms with van der Waals surface area (Å²) < 4.78 is 5.57. The number of nitrogens with one attached hydrogen (secondary N) is 1. The highest BCUT2D eigenvalue weighted by Crippen LogP contribution is 2.34. The van der Waals surface area contributed by atoms with Crippen molar-refractivity contribution in [1.82, 2.24) is 10.2 Å². The predicted molar refractivity (Wildman–Crippen MR) is 80.6 cm³/mol. The molecule has 0 bridgehead atoms. The van der Waals surface area contributed by atoms with Gasteiger partial charge in [0.25, 0.3) is 0 Å². The monoisotopic (exact) mass is 268 g/mol. The summed E-state index contributed by atoms with van der Waals surface area (Å²) in [4.78, 5) is 2.72. The number of hydrogen-bond donors (Lipinski definition) is 1. The summed E-state index contributed by atoms with van der Waals surface area (Å²) in [6, 6.07) is 0.707. The molecule has 19 heavy (non-hydrogen) atoms. The van der Waals surface area contributed by atoms with E-state index in [1.54, 1.807) is 0 Å². The molecule has 2 rings (SSSR count). The van der Waals surface area contributed by atoms with Crippen molar-refractivity contribution < 1.29 is 4.74 Å². The van der Waals surface area contributed by atoms with Gasteiger partial charge in [-0.15, -0.1) is 0 Å². The van der Waals surface area contributed by atoms with Crippen molar-refractivity contribution in [2.45, 2.75) is 76.5 Å². The van der Waals surface area contributed by atoms with Gasteiger partial charge in [0.2, 0.25) is 0 Å². The van der Waals surface area contributed by atoms with E-state index in [0.29, 0.717) is 11.6 Å². The van der Waals surface area contributed by atoms with Crippen LogP contribution in [0.3, 0.4) is 0 Å². The lowest BCUT2D eigenvalue weighted by molar-refractivity contribution is -0.00602. The zero-order valence-electron chi connectivity index (χ0n) is 13.3. The van der Waals surface area contributed by atoms with Crippen molar-refractivity contribution in [3.05, 3.63) is 0 Å². The number of nitrogens with zero attached hydrogens (tertiary/aromatic N) is 1. The second-order valence-corrected chi connectivity index (χ2v) is 7.11. The van der Waals surface area contributed by atoms with Crippen molar-refractivity contribution in [1.29, 1.82) is 0 Å². The fourth-order valence-corrected chi connectivity index (χ4v) is 3.60. The van der Waals surface area contributed by atoms with Crippen LogP contribution in [0.5, 0.6) is 0 Å². The van der Waals surface area contributed by atoms with Crippen LogP contribution < -0.4 is 5.32 Å². The Labute approximate surface area is 119 Å². The maximum atomic E-state index is 5.57. The second kappa shape index (κ2) is 6.11. The lowest BCUT2D eigenvalue weighted by atomic mass is 9.91. The Morgan fingerprint density at radius 2 is 2.00 bits per heavy atom. The maximum Gasteiger partial charge on any atom is 0.0634 e. The molecular formula is C16H32N2O. The minimum absolute atomic E-state index is 0.00596. The summed E-state index contributed by atoms with van der Waals surface area (Å²) >= 11 is 0. The van der Waals surface area contributed by atoms with E-state index in [2.05, 4.69) is 31.0 Å². The van der Waals surface area contributed by atoms with Crippen molar-refractivity contribution in [2.24, 2.45) is 0 Å². The molecule has 1 N–H and O–H groups in total. The average Bonchev–Trinajstić information content (AvgIpc) is 2.85. The Balaban J connectivity index is 1.94.